The Balaban J connectivity index is 3.98. The molecule has 0 saturated heterocycles. The van der Waals surface area contributed by atoms with Crippen molar-refractivity contribution in [3.05, 3.63) is 0 Å². The van der Waals surface area contributed by atoms with Crippen LogP contribution in [-0.4, -0.2) is 18.0 Å². The summed E-state index contributed by atoms with van der Waals surface area (Å²) in [6.07, 6.45) is 1.93. The van der Waals surface area contributed by atoms with Crippen molar-refractivity contribution < 1.29 is 4.79 Å². The minimum atomic E-state index is -0.374. The van der Waals surface area contributed by atoms with Crippen molar-refractivity contribution in [3.63, 3.8) is 0 Å². The zero-order valence-corrected chi connectivity index (χ0v) is 9.13. The number of hydrogen-bond acceptors (Lipinski definition) is 2. The molecule has 0 aromatic heterocycles. The number of amides is 1. The van der Waals surface area contributed by atoms with Gasteiger partial charge in [0.15, 0.2) is 0 Å². The molecule has 0 radical (unpaired) electrons. The summed E-state index contributed by atoms with van der Waals surface area (Å²) in [6.45, 7) is 8.04. The van der Waals surface area contributed by atoms with Crippen molar-refractivity contribution in [2.75, 3.05) is 0 Å². The van der Waals surface area contributed by atoms with E-state index in [1.54, 1.807) is 0 Å². The molecule has 0 aromatic rings. The first-order valence-electron chi connectivity index (χ1n) is 5.08. The van der Waals surface area contributed by atoms with E-state index >= 15 is 0 Å². The van der Waals surface area contributed by atoms with E-state index in [-0.39, 0.29) is 23.9 Å². The van der Waals surface area contributed by atoms with Gasteiger partial charge in [-0.15, -0.1) is 0 Å². The summed E-state index contributed by atoms with van der Waals surface area (Å²) >= 11 is 0. The molecule has 3 nitrogen and oxygen atoms in total. The van der Waals surface area contributed by atoms with Gasteiger partial charge in [-0.05, 0) is 18.8 Å². The fourth-order valence-corrected chi connectivity index (χ4v) is 1.09. The van der Waals surface area contributed by atoms with Gasteiger partial charge in [0.2, 0.25) is 5.91 Å². The maximum atomic E-state index is 11.5. The number of rotatable bonds is 5. The summed E-state index contributed by atoms with van der Waals surface area (Å²) in [4.78, 5) is 11.5. The second-order valence-corrected chi connectivity index (χ2v) is 3.79. The number of nitrogens with two attached hydrogens (primary N) is 1. The highest BCUT2D eigenvalue weighted by Crippen LogP contribution is 2.01. The first kappa shape index (κ1) is 12.4. The van der Waals surface area contributed by atoms with E-state index in [1.807, 2.05) is 13.8 Å². The largest absolute Gasteiger partial charge is 0.352 e. The molecule has 1 amide bonds. The highest BCUT2D eigenvalue weighted by molar-refractivity contribution is 5.81. The number of nitrogens with one attached hydrogen (secondary N) is 1. The summed E-state index contributed by atoms with van der Waals surface area (Å²) in [5, 5.41) is 2.93. The van der Waals surface area contributed by atoms with Gasteiger partial charge in [-0.25, -0.2) is 0 Å². The molecule has 3 heteroatoms. The second kappa shape index (κ2) is 5.97. The number of carbonyl (C=O) groups excluding carboxylic acids is 1. The summed E-state index contributed by atoms with van der Waals surface area (Å²) < 4.78 is 0. The normalized spacial score (nSPS) is 13.5. The zero-order chi connectivity index (χ0) is 10.4. The van der Waals surface area contributed by atoms with Crippen LogP contribution in [-0.2, 0) is 4.79 Å². The van der Waals surface area contributed by atoms with Crippen molar-refractivity contribution in [1.82, 2.24) is 5.32 Å². The van der Waals surface area contributed by atoms with E-state index in [0.717, 1.165) is 12.8 Å². The van der Waals surface area contributed by atoms with Crippen molar-refractivity contribution in [2.45, 2.75) is 52.6 Å². The SMILES string of the molecule is CCC(CC)NC(=O)C(N)C(C)C. The molecule has 78 valence electrons. The van der Waals surface area contributed by atoms with Gasteiger partial charge in [0.1, 0.15) is 0 Å². The predicted octanol–water partition coefficient (Wildman–Crippen LogP) is 1.27. The summed E-state index contributed by atoms with van der Waals surface area (Å²) in [7, 11) is 0. The van der Waals surface area contributed by atoms with E-state index in [4.69, 9.17) is 5.73 Å². The quantitative estimate of drug-likeness (QED) is 0.679. The second-order valence-electron chi connectivity index (χ2n) is 3.79. The lowest BCUT2D eigenvalue weighted by Crippen LogP contribution is -2.47. The van der Waals surface area contributed by atoms with Gasteiger partial charge in [-0.3, -0.25) is 4.79 Å². The fraction of sp³-hybridized carbons (Fsp3) is 0.900. The third kappa shape index (κ3) is 4.27. The number of carbonyl (C=O) groups is 1. The van der Waals surface area contributed by atoms with Gasteiger partial charge in [0.25, 0.3) is 0 Å². The molecule has 13 heavy (non-hydrogen) atoms. The van der Waals surface area contributed by atoms with Crippen LogP contribution >= 0.6 is 0 Å². The molecular weight excluding hydrogens is 164 g/mol. The predicted molar refractivity (Wildman–Crippen MR) is 55.3 cm³/mol. The van der Waals surface area contributed by atoms with Crippen LogP contribution < -0.4 is 11.1 Å². The van der Waals surface area contributed by atoms with E-state index in [9.17, 15) is 4.79 Å². The van der Waals surface area contributed by atoms with Gasteiger partial charge in [-0.2, -0.15) is 0 Å². The molecule has 3 N–H and O–H groups in total. The third-order valence-electron chi connectivity index (χ3n) is 2.35. The van der Waals surface area contributed by atoms with Crippen molar-refractivity contribution in [2.24, 2.45) is 11.7 Å². The molecule has 0 aliphatic carbocycles. The Morgan fingerprint density at radius 2 is 1.77 bits per heavy atom. The molecule has 0 aromatic carbocycles. The van der Waals surface area contributed by atoms with Crippen LogP contribution in [0.5, 0.6) is 0 Å². The number of hydrogen-bond donors (Lipinski definition) is 2. The van der Waals surface area contributed by atoms with Crippen LogP contribution in [0, 0.1) is 5.92 Å². The molecule has 1 unspecified atom stereocenters. The summed E-state index contributed by atoms with van der Waals surface area (Å²) in [5.41, 5.74) is 5.71. The fourth-order valence-electron chi connectivity index (χ4n) is 1.09. The van der Waals surface area contributed by atoms with Crippen molar-refractivity contribution in [1.29, 1.82) is 0 Å². The first-order chi connectivity index (χ1) is 6.02. The van der Waals surface area contributed by atoms with E-state index in [0.29, 0.717) is 0 Å². The lowest BCUT2D eigenvalue weighted by atomic mass is 10.0. The molecule has 0 spiro atoms. The highest BCUT2D eigenvalue weighted by atomic mass is 16.2. The van der Waals surface area contributed by atoms with Gasteiger partial charge < -0.3 is 11.1 Å². The molecule has 0 bridgehead atoms. The standard InChI is InChI=1S/C10H22N2O/c1-5-8(6-2)12-10(13)9(11)7(3)4/h7-9H,5-6,11H2,1-4H3,(H,12,13). The van der Waals surface area contributed by atoms with Gasteiger partial charge in [0, 0.05) is 6.04 Å². The Labute approximate surface area is 81.1 Å². The maximum Gasteiger partial charge on any atom is 0.237 e. The Kier molecular flexibility index (Phi) is 5.71. The minimum absolute atomic E-state index is 0.0244. The topological polar surface area (TPSA) is 55.1 Å². The minimum Gasteiger partial charge on any atom is -0.352 e. The van der Waals surface area contributed by atoms with E-state index in [1.165, 1.54) is 0 Å². The first-order valence-corrected chi connectivity index (χ1v) is 5.08. The molecule has 0 fully saturated rings. The summed E-state index contributed by atoms with van der Waals surface area (Å²) in [5.74, 6) is 0.179. The van der Waals surface area contributed by atoms with Crippen LogP contribution in [0.1, 0.15) is 40.5 Å². The Hall–Kier alpha value is -0.570. The Bertz CT molecular complexity index is 153. The van der Waals surface area contributed by atoms with Gasteiger partial charge in [-0.1, -0.05) is 27.7 Å². The highest BCUT2D eigenvalue weighted by Gasteiger charge is 2.18. The van der Waals surface area contributed by atoms with Crippen LogP contribution in [0.2, 0.25) is 0 Å². The Morgan fingerprint density at radius 1 is 1.31 bits per heavy atom. The lowest BCUT2D eigenvalue weighted by Gasteiger charge is -2.20. The third-order valence-corrected chi connectivity index (χ3v) is 2.35. The average molecular weight is 186 g/mol. The smallest absolute Gasteiger partial charge is 0.237 e. The summed E-state index contributed by atoms with van der Waals surface area (Å²) in [6, 6.07) is -0.0992. The molecule has 1 atom stereocenters. The molecule has 0 aliphatic heterocycles. The van der Waals surface area contributed by atoms with Crippen LogP contribution in [0.25, 0.3) is 0 Å². The molecule has 0 heterocycles. The molecule has 0 aliphatic rings. The van der Waals surface area contributed by atoms with E-state index in [2.05, 4.69) is 19.2 Å². The van der Waals surface area contributed by atoms with E-state index < -0.39 is 0 Å². The maximum absolute atomic E-state index is 11.5. The lowest BCUT2D eigenvalue weighted by molar-refractivity contribution is -0.124. The molecule has 0 rings (SSSR count). The van der Waals surface area contributed by atoms with Crippen molar-refractivity contribution >= 4 is 5.91 Å². The molecular formula is C10H22N2O. The van der Waals surface area contributed by atoms with Crippen LogP contribution in [0.15, 0.2) is 0 Å². The van der Waals surface area contributed by atoms with Crippen LogP contribution in [0.4, 0.5) is 0 Å². The molecule has 0 saturated carbocycles. The Morgan fingerprint density at radius 3 is 2.08 bits per heavy atom. The van der Waals surface area contributed by atoms with Crippen molar-refractivity contribution in [3.8, 4) is 0 Å². The average Bonchev–Trinajstić information content (AvgIpc) is 2.12. The van der Waals surface area contributed by atoms with Crippen LogP contribution in [0.3, 0.4) is 0 Å². The monoisotopic (exact) mass is 186 g/mol. The van der Waals surface area contributed by atoms with Gasteiger partial charge in [0.05, 0.1) is 6.04 Å². The zero-order valence-electron chi connectivity index (χ0n) is 9.13. The van der Waals surface area contributed by atoms with Gasteiger partial charge >= 0.3 is 0 Å².